The van der Waals surface area contributed by atoms with Crippen molar-refractivity contribution >= 4 is 27.8 Å². The van der Waals surface area contributed by atoms with Gasteiger partial charge in [-0.2, -0.15) is 0 Å². The van der Waals surface area contributed by atoms with E-state index in [0.29, 0.717) is 13.0 Å². The first-order valence-corrected chi connectivity index (χ1v) is 7.65. The lowest BCUT2D eigenvalue weighted by molar-refractivity contribution is -0.159. The van der Waals surface area contributed by atoms with E-state index in [-0.39, 0.29) is 25.0 Å². The molecule has 6 heteroatoms. The number of rotatable bonds is 4. The Morgan fingerprint density at radius 1 is 1.48 bits per heavy atom. The minimum Gasteiger partial charge on any atom is -0.479 e. The molecular formula is C15H18BrNO4. The van der Waals surface area contributed by atoms with Crippen LogP contribution < -0.4 is 0 Å². The second-order valence-electron chi connectivity index (χ2n) is 5.16. The molecule has 114 valence electrons. The molecule has 1 aliphatic rings. The van der Waals surface area contributed by atoms with E-state index in [1.165, 1.54) is 0 Å². The molecule has 1 saturated heterocycles. The molecule has 2 unspecified atom stereocenters. The summed E-state index contributed by atoms with van der Waals surface area (Å²) in [5, 5.41) is 8.96. The fourth-order valence-electron chi connectivity index (χ4n) is 2.40. The predicted molar refractivity (Wildman–Crippen MR) is 81.1 cm³/mol. The number of morpholine rings is 1. The number of carboxylic acid groups (broad SMARTS) is 1. The monoisotopic (exact) mass is 355 g/mol. The number of carbonyl (C=O) groups is 2. The molecule has 1 aromatic rings. The molecule has 1 heterocycles. The van der Waals surface area contributed by atoms with Crippen LogP contribution in [-0.4, -0.2) is 47.7 Å². The van der Waals surface area contributed by atoms with E-state index in [0.717, 1.165) is 10.0 Å². The van der Waals surface area contributed by atoms with Gasteiger partial charge in [-0.3, -0.25) is 4.79 Å². The molecule has 2 rings (SSSR count). The summed E-state index contributed by atoms with van der Waals surface area (Å²) < 4.78 is 6.11. The van der Waals surface area contributed by atoms with Crippen LogP contribution in [0.15, 0.2) is 28.7 Å². The smallest absolute Gasteiger partial charge is 0.334 e. The standard InChI is InChI=1S/C15H18BrNO4/c1-10(11-4-2-3-5-12(11)16)8-14(18)17-6-7-21-13(9-17)15(19)20/h2-5,10,13H,6-9H2,1H3,(H,19,20). The molecular weight excluding hydrogens is 338 g/mol. The third-order valence-electron chi connectivity index (χ3n) is 3.61. The summed E-state index contributed by atoms with van der Waals surface area (Å²) in [5.41, 5.74) is 1.08. The van der Waals surface area contributed by atoms with Gasteiger partial charge in [-0.25, -0.2) is 4.79 Å². The van der Waals surface area contributed by atoms with Gasteiger partial charge in [0.2, 0.25) is 5.91 Å². The zero-order valence-electron chi connectivity index (χ0n) is 11.8. The highest BCUT2D eigenvalue weighted by atomic mass is 79.9. The summed E-state index contributed by atoms with van der Waals surface area (Å²) in [6, 6.07) is 7.81. The number of halogens is 1. The lowest BCUT2D eigenvalue weighted by Gasteiger charge is -2.31. The Morgan fingerprint density at radius 3 is 2.86 bits per heavy atom. The van der Waals surface area contributed by atoms with Crippen molar-refractivity contribution in [2.24, 2.45) is 0 Å². The first-order chi connectivity index (χ1) is 9.99. The molecule has 2 atom stereocenters. The molecule has 1 aliphatic heterocycles. The van der Waals surface area contributed by atoms with Crippen molar-refractivity contribution in [3.05, 3.63) is 34.3 Å². The molecule has 0 aromatic heterocycles. The Balaban J connectivity index is 1.98. The topological polar surface area (TPSA) is 66.8 Å². The van der Waals surface area contributed by atoms with Crippen molar-refractivity contribution in [2.45, 2.75) is 25.4 Å². The highest BCUT2D eigenvalue weighted by Crippen LogP contribution is 2.27. The molecule has 21 heavy (non-hydrogen) atoms. The van der Waals surface area contributed by atoms with Gasteiger partial charge < -0.3 is 14.7 Å². The summed E-state index contributed by atoms with van der Waals surface area (Å²) in [5.74, 6) is -0.988. The van der Waals surface area contributed by atoms with E-state index >= 15 is 0 Å². The average molecular weight is 356 g/mol. The Kier molecular flexibility index (Phi) is 5.36. The van der Waals surface area contributed by atoms with Crippen LogP contribution in [0.1, 0.15) is 24.8 Å². The van der Waals surface area contributed by atoms with E-state index in [1.807, 2.05) is 31.2 Å². The zero-order valence-corrected chi connectivity index (χ0v) is 13.4. The van der Waals surface area contributed by atoms with Gasteiger partial charge in [0.25, 0.3) is 0 Å². The molecule has 0 bridgehead atoms. The lowest BCUT2D eigenvalue weighted by Crippen LogP contribution is -2.48. The van der Waals surface area contributed by atoms with Crippen LogP contribution in [-0.2, 0) is 14.3 Å². The molecule has 1 aromatic carbocycles. The third-order valence-corrected chi connectivity index (χ3v) is 4.33. The average Bonchev–Trinajstić information content (AvgIpc) is 2.47. The normalized spacial score (nSPS) is 20.1. The van der Waals surface area contributed by atoms with Crippen molar-refractivity contribution in [1.29, 1.82) is 0 Å². The van der Waals surface area contributed by atoms with Crippen LogP contribution in [0.2, 0.25) is 0 Å². The predicted octanol–water partition coefficient (Wildman–Crippen LogP) is 2.25. The first-order valence-electron chi connectivity index (χ1n) is 6.85. The highest BCUT2D eigenvalue weighted by molar-refractivity contribution is 9.10. The molecule has 1 fully saturated rings. The Morgan fingerprint density at radius 2 is 2.19 bits per heavy atom. The zero-order chi connectivity index (χ0) is 15.4. The number of nitrogens with zero attached hydrogens (tertiary/aromatic N) is 1. The fourth-order valence-corrected chi connectivity index (χ4v) is 3.08. The molecule has 0 radical (unpaired) electrons. The van der Waals surface area contributed by atoms with Crippen molar-refractivity contribution in [1.82, 2.24) is 4.90 Å². The van der Waals surface area contributed by atoms with Crippen molar-refractivity contribution in [2.75, 3.05) is 19.7 Å². The second kappa shape index (κ2) is 7.04. The summed E-state index contributed by atoms with van der Waals surface area (Å²) in [4.78, 5) is 24.8. The van der Waals surface area contributed by atoms with E-state index in [4.69, 9.17) is 9.84 Å². The number of amides is 1. The Bertz CT molecular complexity index is 534. The van der Waals surface area contributed by atoms with Gasteiger partial charge in [0.15, 0.2) is 6.10 Å². The van der Waals surface area contributed by atoms with E-state index < -0.39 is 12.1 Å². The Hall–Kier alpha value is -1.40. The maximum absolute atomic E-state index is 12.3. The van der Waals surface area contributed by atoms with Crippen molar-refractivity contribution in [3.8, 4) is 0 Å². The summed E-state index contributed by atoms with van der Waals surface area (Å²) in [7, 11) is 0. The Labute approximate surface area is 132 Å². The van der Waals surface area contributed by atoms with Crippen LogP contribution >= 0.6 is 15.9 Å². The van der Waals surface area contributed by atoms with E-state index in [2.05, 4.69) is 15.9 Å². The van der Waals surface area contributed by atoms with E-state index in [1.54, 1.807) is 4.90 Å². The summed E-state index contributed by atoms with van der Waals surface area (Å²) in [6.45, 7) is 2.83. The SMILES string of the molecule is CC(CC(=O)N1CCOC(C(=O)O)C1)c1ccccc1Br. The number of carbonyl (C=O) groups excluding carboxylic acids is 1. The van der Waals surface area contributed by atoms with Gasteiger partial charge in [0.1, 0.15) is 0 Å². The third kappa shape index (κ3) is 4.04. The highest BCUT2D eigenvalue weighted by Gasteiger charge is 2.29. The van der Waals surface area contributed by atoms with Gasteiger partial charge in [-0.1, -0.05) is 41.1 Å². The maximum atomic E-state index is 12.3. The van der Waals surface area contributed by atoms with Crippen LogP contribution in [0.3, 0.4) is 0 Å². The van der Waals surface area contributed by atoms with E-state index in [9.17, 15) is 9.59 Å². The summed E-state index contributed by atoms with van der Waals surface area (Å²) >= 11 is 3.49. The van der Waals surface area contributed by atoms with Gasteiger partial charge in [-0.05, 0) is 17.5 Å². The number of hydrogen-bond acceptors (Lipinski definition) is 3. The van der Waals surface area contributed by atoms with Crippen LogP contribution in [0.5, 0.6) is 0 Å². The largest absolute Gasteiger partial charge is 0.479 e. The van der Waals surface area contributed by atoms with Gasteiger partial charge >= 0.3 is 5.97 Å². The van der Waals surface area contributed by atoms with Crippen LogP contribution in [0.4, 0.5) is 0 Å². The summed E-state index contributed by atoms with van der Waals surface area (Å²) in [6.07, 6.45) is -0.559. The molecule has 0 saturated carbocycles. The number of carboxylic acids is 1. The van der Waals surface area contributed by atoms with Gasteiger partial charge in [-0.15, -0.1) is 0 Å². The molecule has 0 spiro atoms. The van der Waals surface area contributed by atoms with Gasteiger partial charge in [0, 0.05) is 17.4 Å². The molecule has 1 N–H and O–H groups in total. The number of ether oxygens (including phenoxy) is 1. The molecule has 5 nitrogen and oxygen atoms in total. The van der Waals surface area contributed by atoms with Crippen molar-refractivity contribution in [3.63, 3.8) is 0 Å². The number of hydrogen-bond donors (Lipinski definition) is 1. The minimum atomic E-state index is -1.02. The first kappa shape index (κ1) is 16.0. The number of benzene rings is 1. The molecule has 0 aliphatic carbocycles. The minimum absolute atomic E-state index is 0.0344. The second-order valence-corrected chi connectivity index (χ2v) is 6.02. The molecule has 1 amide bonds. The van der Waals surface area contributed by atoms with Crippen molar-refractivity contribution < 1.29 is 19.4 Å². The number of aliphatic carboxylic acids is 1. The lowest BCUT2D eigenvalue weighted by atomic mass is 9.97. The van der Waals surface area contributed by atoms with Crippen LogP contribution in [0.25, 0.3) is 0 Å². The quantitative estimate of drug-likeness (QED) is 0.899. The maximum Gasteiger partial charge on any atom is 0.334 e. The van der Waals surface area contributed by atoms with Crippen LogP contribution in [0, 0.1) is 0 Å². The van der Waals surface area contributed by atoms with Gasteiger partial charge in [0.05, 0.1) is 13.2 Å². The fraction of sp³-hybridized carbons (Fsp3) is 0.467.